The fourth-order valence-corrected chi connectivity index (χ4v) is 3.41. The van der Waals surface area contributed by atoms with E-state index in [1.165, 1.54) is 12.1 Å². The molecule has 8 heteroatoms. The van der Waals surface area contributed by atoms with E-state index in [0.717, 1.165) is 25.8 Å². The van der Waals surface area contributed by atoms with Crippen molar-refractivity contribution in [2.24, 2.45) is 0 Å². The van der Waals surface area contributed by atoms with Crippen molar-refractivity contribution in [3.63, 3.8) is 0 Å². The first kappa shape index (κ1) is 17.6. The average Bonchev–Trinajstić information content (AvgIpc) is 2.62. The van der Waals surface area contributed by atoms with Crippen LogP contribution in [0.15, 0.2) is 12.1 Å². The minimum atomic E-state index is -0.419. The van der Waals surface area contributed by atoms with E-state index in [1.54, 1.807) is 6.92 Å². The Morgan fingerprint density at radius 2 is 2.28 bits per heavy atom. The van der Waals surface area contributed by atoms with Crippen LogP contribution in [-0.4, -0.2) is 41.8 Å². The van der Waals surface area contributed by atoms with Gasteiger partial charge in [0, 0.05) is 29.8 Å². The molecule has 1 saturated heterocycles. The fourth-order valence-electron chi connectivity index (χ4n) is 3.41. The Morgan fingerprint density at radius 1 is 1.44 bits per heavy atom. The quantitative estimate of drug-likeness (QED) is 0.457. The van der Waals surface area contributed by atoms with Gasteiger partial charge in [-0.3, -0.25) is 19.8 Å². The lowest BCUT2D eigenvalue weighted by Crippen LogP contribution is -2.45. The topological polar surface area (TPSA) is 91.1 Å². The third-order valence-corrected chi connectivity index (χ3v) is 4.53. The monoisotopic (exact) mass is 350 g/mol. The van der Waals surface area contributed by atoms with E-state index in [9.17, 15) is 14.9 Å². The Labute approximate surface area is 145 Å². The highest BCUT2D eigenvalue weighted by molar-refractivity contribution is 5.76. The minimum Gasteiger partial charge on any atom is -0.467 e. The van der Waals surface area contributed by atoms with Crippen LogP contribution in [0.2, 0.25) is 0 Å². The Hall–Kier alpha value is -2.19. The van der Waals surface area contributed by atoms with Gasteiger partial charge in [-0.15, -0.1) is 0 Å². The third-order valence-electron chi connectivity index (χ3n) is 4.53. The first-order valence-electron chi connectivity index (χ1n) is 8.51. The van der Waals surface area contributed by atoms with Crippen molar-refractivity contribution < 1.29 is 23.9 Å². The van der Waals surface area contributed by atoms with Crippen molar-refractivity contribution in [3.05, 3.63) is 33.4 Å². The standard InChI is InChI=1S/C17H22N2O6/c1-2-24-17(20)15-5-3-4-6-18(15)9-12-7-14(19(21)22)8-13-10-23-11-25-16(12)13/h7-8,15H,2-6,9-11H2,1H3/t15-/m1/s1. The summed E-state index contributed by atoms with van der Waals surface area (Å²) in [5.74, 6) is 0.399. The van der Waals surface area contributed by atoms with Crippen molar-refractivity contribution in [3.8, 4) is 5.75 Å². The van der Waals surface area contributed by atoms with Gasteiger partial charge in [0.25, 0.3) is 5.69 Å². The molecule has 0 amide bonds. The number of carbonyl (C=O) groups excluding carboxylic acids is 1. The normalized spacial score (nSPS) is 20.4. The summed E-state index contributed by atoms with van der Waals surface area (Å²) in [4.78, 5) is 25.1. The van der Waals surface area contributed by atoms with Crippen molar-refractivity contribution in [1.29, 1.82) is 0 Å². The van der Waals surface area contributed by atoms with Crippen LogP contribution >= 0.6 is 0 Å². The predicted molar refractivity (Wildman–Crippen MR) is 88.1 cm³/mol. The summed E-state index contributed by atoms with van der Waals surface area (Å²) >= 11 is 0. The second-order valence-electron chi connectivity index (χ2n) is 6.20. The number of carbonyl (C=O) groups is 1. The summed E-state index contributed by atoms with van der Waals surface area (Å²) in [5, 5.41) is 11.2. The van der Waals surface area contributed by atoms with Gasteiger partial charge in [0.1, 0.15) is 11.8 Å². The molecule has 0 radical (unpaired) electrons. The van der Waals surface area contributed by atoms with Gasteiger partial charge in [-0.2, -0.15) is 0 Å². The fraction of sp³-hybridized carbons (Fsp3) is 0.588. The number of fused-ring (bicyclic) bond motifs is 1. The molecule has 2 aliphatic heterocycles. The SMILES string of the molecule is CCOC(=O)[C@H]1CCCCN1Cc1cc([N+](=O)[O-])cc2c1OCOC2. The van der Waals surface area contributed by atoms with Gasteiger partial charge in [-0.25, -0.2) is 0 Å². The molecule has 8 nitrogen and oxygen atoms in total. The molecule has 136 valence electrons. The lowest BCUT2D eigenvalue weighted by atomic mass is 10.00. The Bertz CT molecular complexity index is 663. The summed E-state index contributed by atoms with van der Waals surface area (Å²) in [5.41, 5.74) is 1.39. The molecule has 1 aromatic carbocycles. The number of hydrogen-bond donors (Lipinski definition) is 0. The van der Waals surface area contributed by atoms with E-state index in [1.807, 2.05) is 4.90 Å². The lowest BCUT2D eigenvalue weighted by Gasteiger charge is -2.34. The molecular formula is C17H22N2O6. The highest BCUT2D eigenvalue weighted by Crippen LogP contribution is 2.34. The maximum absolute atomic E-state index is 12.2. The van der Waals surface area contributed by atoms with Crippen LogP contribution in [0, 0.1) is 10.1 Å². The van der Waals surface area contributed by atoms with E-state index in [0.29, 0.717) is 30.0 Å². The Morgan fingerprint density at radius 3 is 3.04 bits per heavy atom. The molecule has 0 aromatic heterocycles. The highest BCUT2D eigenvalue weighted by Gasteiger charge is 2.31. The number of hydrogen-bond acceptors (Lipinski definition) is 7. The molecule has 2 aliphatic rings. The number of ether oxygens (including phenoxy) is 3. The lowest BCUT2D eigenvalue weighted by molar-refractivity contribution is -0.385. The molecule has 0 N–H and O–H groups in total. The number of nitro groups is 1. The summed E-state index contributed by atoms with van der Waals surface area (Å²) in [6.45, 7) is 3.70. The van der Waals surface area contributed by atoms with Crippen LogP contribution in [-0.2, 0) is 27.4 Å². The maximum Gasteiger partial charge on any atom is 0.323 e. The number of piperidine rings is 1. The summed E-state index contributed by atoms with van der Waals surface area (Å²) < 4.78 is 16.0. The molecule has 0 spiro atoms. The number of nitro benzene ring substituents is 1. The molecule has 0 saturated carbocycles. The predicted octanol–water partition coefficient (Wildman–Crippen LogP) is 2.38. The molecule has 1 atom stereocenters. The number of benzene rings is 1. The molecule has 0 bridgehead atoms. The molecule has 1 aromatic rings. The van der Waals surface area contributed by atoms with Crippen LogP contribution in [0.1, 0.15) is 37.3 Å². The van der Waals surface area contributed by atoms with Crippen LogP contribution in [0.5, 0.6) is 5.75 Å². The molecule has 0 aliphatic carbocycles. The van der Waals surface area contributed by atoms with Crippen molar-refractivity contribution in [1.82, 2.24) is 4.90 Å². The first-order chi connectivity index (χ1) is 12.1. The van der Waals surface area contributed by atoms with Crippen LogP contribution in [0.25, 0.3) is 0 Å². The van der Waals surface area contributed by atoms with Gasteiger partial charge in [-0.05, 0) is 26.3 Å². The van der Waals surface area contributed by atoms with Crippen molar-refractivity contribution in [2.45, 2.75) is 45.4 Å². The van der Waals surface area contributed by atoms with Crippen molar-refractivity contribution in [2.75, 3.05) is 19.9 Å². The van der Waals surface area contributed by atoms with E-state index in [-0.39, 0.29) is 31.1 Å². The molecule has 2 heterocycles. The number of rotatable bonds is 5. The molecule has 3 rings (SSSR count). The van der Waals surface area contributed by atoms with Crippen molar-refractivity contribution >= 4 is 11.7 Å². The maximum atomic E-state index is 12.2. The first-order valence-corrected chi connectivity index (χ1v) is 8.51. The molecule has 1 fully saturated rings. The Kier molecular flexibility index (Phi) is 5.50. The van der Waals surface area contributed by atoms with Gasteiger partial charge in [0.2, 0.25) is 0 Å². The zero-order valence-electron chi connectivity index (χ0n) is 14.2. The van der Waals surface area contributed by atoms with E-state index < -0.39 is 4.92 Å². The van der Waals surface area contributed by atoms with E-state index in [2.05, 4.69) is 0 Å². The number of esters is 1. The molecule has 25 heavy (non-hydrogen) atoms. The summed E-state index contributed by atoms with van der Waals surface area (Å²) in [6, 6.07) is 2.70. The summed E-state index contributed by atoms with van der Waals surface area (Å²) in [7, 11) is 0. The zero-order chi connectivity index (χ0) is 17.8. The van der Waals surface area contributed by atoms with Crippen LogP contribution in [0.4, 0.5) is 5.69 Å². The van der Waals surface area contributed by atoms with Crippen LogP contribution in [0.3, 0.4) is 0 Å². The second kappa shape index (κ2) is 7.79. The zero-order valence-corrected chi connectivity index (χ0v) is 14.2. The molecule has 0 unspecified atom stereocenters. The van der Waals surface area contributed by atoms with Gasteiger partial charge >= 0.3 is 5.97 Å². The highest BCUT2D eigenvalue weighted by atomic mass is 16.7. The van der Waals surface area contributed by atoms with Gasteiger partial charge in [0.05, 0.1) is 18.1 Å². The van der Waals surface area contributed by atoms with Gasteiger partial charge in [-0.1, -0.05) is 6.42 Å². The second-order valence-corrected chi connectivity index (χ2v) is 6.20. The Balaban J connectivity index is 1.88. The average molecular weight is 350 g/mol. The van der Waals surface area contributed by atoms with Gasteiger partial charge in [0.15, 0.2) is 6.79 Å². The van der Waals surface area contributed by atoms with E-state index in [4.69, 9.17) is 14.2 Å². The minimum absolute atomic E-state index is 0.00699. The van der Waals surface area contributed by atoms with E-state index >= 15 is 0 Å². The smallest absolute Gasteiger partial charge is 0.323 e. The molecular weight excluding hydrogens is 328 g/mol. The largest absolute Gasteiger partial charge is 0.467 e. The van der Waals surface area contributed by atoms with Gasteiger partial charge < -0.3 is 14.2 Å². The van der Waals surface area contributed by atoms with Crippen LogP contribution < -0.4 is 4.74 Å². The third kappa shape index (κ3) is 3.91. The summed E-state index contributed by atoms with van der Waals surface area (Å²) in [6.07, 6.45) is 2.69. The number of non-ortho nitro benzene ring substituents is 1. The number of nitrogens with zero attached hydrogens (tertiary/aromatic N) is 2. The number of likely N-dealkylation sites (tertiary alicyclic amines) is 1.